The van der Waals surface area contributed by atoms with E-state index in [2.05, 4.69) is 22.4 Å². The van der Waals surface area contributed by atoms with Crippen LogP contribution in [0, 0.1) is 5.41 Å². The number of aromatic nitrogens is 2. The van der Waals surface area contributed by atoms with Crippen LogP contribution in [0.4, 0.5) is 5.69 Å². The van der Waals surface area contributed by atoms with Gasteiger partial charge < -0.3 is 10.1 Å². The van der Waals surface area contributed by atoms with Crippen molar-refractivity contribution in [3.05, 3.63) is 12.4 Å². The average Bonchev–Trinajstić information content (AvgIpc) is 2.66. The van der Waals surface area contributed by atoms with Crippen molar-refractivity contribution in [1.29, 1.82) is 0 Å². The van der Waals surface area contributed by atoms with Crippen molar-refractivity contribution in [3.63, 3.8) is 0 Å². The number of aromatic amines is 1. The summed E-state index contributed by atoms with van der Waals surface area (Å²) in [6.07, 6.45) is 9.36. The zero-order chi connectivity index (χ0) is 11.0. The lowest BCUT2D eigenvalue weighted by atomic mass is 9.51. The minimum atomic E-state index is 0.424. The molecular weight excluding hydrogens is 202 g/mol. The van der Waals surface area contributed by atoms with Crippen molar-refractivity contribution < 1.29 is 4.74 Å². The maximum Gasteiger partial charge on any atom is 0.0726 e. The topological polar surface area (TPSA) is 49.9 Å². The lowest BCUT2D eigenvalue weighted by Gasteiger charge is -2.61. The molecule has 16 heavy (non-hydrogen) atoms. The number of ether oxygens (including phenoxy) is 1. The first-order valence-electron chi connectivity index (χ1n) is 6.22. The van der Waals surface area contributed by atoms with Crippen LogP contribution in [-0.2, 0) is 4.74 Å². The molecule has 4 nitrogen and oxygen atoms in total. The smallest absolute Gasteiger partial charge is 0.0726 e. The molecule has 3 rings (SSSR count). The van der Waals surface area contributed by atoms with Gasteiger partial charge in [-0.25, -0.2) is 0 Å². The predicted molar refractivity (Wildman–Crippen MR) is 62.3 cm³/mol. The van der Waals surface area contributed by atoms with Gasteiger partial charge in [0.25, 0.3) is 0 Å². The summed E-state index contributed by atoms with van der Waals surface area (Å²) in [5.74, 6) is 0. The molecule has 2 aliphatic rings. The summed E-state index contributed by atoms with van der Waals surface area (Å²) in [5, 5.41) is 10.4. The second-order valence-corrected chi connectivity index (χ2v) is 4.95. The van der Waals surface area contributed by atoms with Gasteiger partial charge in [0.2, 0.25) is 0 Å². The summed E-state index contributed by atoms with van der Waals surface area (Å²) in [6, 6.07) is 0.579. The van der Waals surface area contributed by atoms with Crippen LogP contribution in [0.1, 0.15) is 32.6 Å². The Labute approximate surface area is 95.8 Å². The van der Waals surface area contributed by atoms with Crippen LogP contribution >= 0.6 is 0 Å². The molecule has 2 saturated carbocycles. The van der Waals surface area contributed by atoms with E-state index in [0.717, 1.165) is 18.7 Å². The molecule has 1 aromatic heterocycles. The van der Waals surface area contributed by atoms with Gasteiger partial charge in [-0.2, -0.15) is 5.10 Å². The third-order valence-electron chi connectivity index (χ3n) is 4.28. The van der Waals surface area contributed by atoms with Gasteiger partial charge in [-0.3, -0.25) is 5.10 Å². The second kappa shape index (κ2) is 3.77. The van der Waals surface area contributed by atoms with Gasteiger partial charge in [-0.1, -0.05) is 6.42 Å². The highest BCUT2D eigenvalue weighted by Gasteiger charge is 2.58. The molecular formula is C12H19N3O. The standard InChI is InChI=1S/C12H19N3O/c1-2-16-11-6-10(12(11)4-3-5-12)15-9-7-13-14-8-9/h7-8,10-11,15H,2-6H2,1H3,(H,13,14). The van der Waals surface area contributed by atoms with Crippen LogP contribution in [0.15, 0.2) is 12.4 Å². The van der Waals surface area contributed by atoms with Crippen LogP contribution in [0.2, 0.25) is 0 Å². The Morgan fingerprint density at radius 2 is 2.50 bits per heavy atom. The minimum Gasteiger partial charge on any atom is -0.379 e. The Hall–Kier alpha value is -1.03. The van der Waals surface area contributed by atoms with E-state index in [9.17, 15) is 0 Å². The molecule has 0 saturated heterocycles. The van der Waals surface area contributed by atoms with Crippen LogP contribution < -0.4 is 5.32 Å². The van der Waals surface area contributed by atoms with Gasteiger partial charge in [-0.15, -0.1) is 0 Å². The molecule has 0 bridgehead atoms. The monoisotopic (exact) mass is 221 g/mol. The first-order chi connectivity index (χ1) is 7.85. The second-order valence-electron chi connectivity index (χ2n) is 4.95. The fourth-order valence-electron chi connectivity index (χ4n) is 3.17. The van der Waals surface area contributed by atoms with E-state index in [1.54, 1.807) is 0 Å². The molecule has 88 valence electrons. The van der Waals surface area contributed by atoms with Gasteiger partial charge in [0.1, 0.15) is 0 Å². The summed E-state index contributed by atoms with van der Waals surface area (Å²) in [7, 11) is 0. The van der Waals surface area contributed by atoms with E-state index in [0.29, 0.717) is 17.6 Å². The molecule has 2 aliphatic carbocycles. The van der Waals surface area contributed by atoms with E-state index in [1.165, 1.54) is 19.3 Å². The Bertz CT molecular complexity index is 345. The van der Waals surface area contributed by atoms with Gasteiger partial charge in [-0.05, 0) is 26.2 Å². The SMILES string of the molecule is CCOC1CC(Nc2cn[nH]c2)C12CCC2. The molecule has 0 radical (unpaired) electrons. The third-order valence-corrected chi connectivity index (χ3v) is 4.28. The van der Waals surface area contributed by atoms with Crippen LogP contribution in [0.3, 0.4) is 0 Å². The zero-order valence-electron chi connectivity index (χ0n) is 9.70. The number of anilines is 1. The number of nitrogens with one attached hydrogen (secondary N) is 2. The maximum atomic E-state index is 5.82. The predicted octanol–water partition coefficient (Wildman–Crippen LogP) is 2.17. The highest BCUT2D eigenvalue weighted by Crippen LogP contribution is 2.58. The highest BCUT2D eigenvalue weighted by atomic mass is 16.5. The van der Waals surface area contributed by atoms with Crippen molar-refractivity contribution in [1.82, 2.24) is 10.2 Å². The van der Waals surface area contributed by atoms with Crippen LogP contribution in [-0.4, -0.2) is 29.0 Å². The Morgan fingerprint density at radius 3 is 3.06 bits per heavy atom. The quantitative estimate of drug-likeness (QED) is 0.819. The number of hydrogen-bond donors (Lipinski definition) is 2. The van der Waals surface area contributed by atoms with Gasteiger partial charge in [0.05, 0.1) is 18.0 Å². The molecule has 2 unspecified atom stereocenters. The van der Waals surface area contributed by atoms with Crippen molar-refractivity contribution in [2.75, 3.05) is 11.9 Å². The van der Waals surface area contributed by atoms with Gasteiger partial charge >= 0.3 is 0 Å². The summed E-state index contributed by atoms with van der Waals surface area (Å²) in [6.45, 7) is 2.92. The summed E-state index contributed by atoms with van der Waals surface area (Å²) < 4.78 is 5.82. The summed E-state index contributed by atoms with van der Waals surface area (Å²) in [4.78, 5) is 0. The molecule has 0 aliphatic heterocycles. The normalized spacial score (nSPS) is 30.8. The van der Waals surface area contributed by atoms with Crippen molar-refractivity contribution in [3.8, 4) is 0 Å². The summed E-state index contributed by atoms with van der Waals surface area (Å²) in [5.41, 5.74) is 1.53. The Balaban J connectivity index is 1.65. The lowest BCUT2D eigenvalue weighted by Crippen LogP contribution is -2.64. The van der Waals surface area contributed by atoms with Gasteiger partial charge in [0.15, 0.2) is 0 Å². The molecule has 2 fully saturated rings. The summed E-state index contributed by atoms with van der Waals surface area (Å²) >= 11 is 0. The molecule has 2 atom stereocenters. The minimum absolute atomic E-state index is 0.424. The molecule has 0 amide bonds. The van der Waals surface area contributed by atoms with Crippen LogP contribution in [0.5, 0.6) is 0 Å². The highest BCUT2D eigenvalue weighted by molar-refractivity contribution is 5.41. The van der Waals surface area contributed by atoms with Crippen molar-refractivity contribution in [2.24, 2.45) is 5.41 Å². The van der Waals surface area contributed by atoms with Crippen LogP contribution in [0.25, 0.3) is 0 Å². The first kappa shape index (κ1) is 10.1. The molecule has 4 heteroatoms. The molecule has 1 spiro atoms. The Kier molecular flexibility index (Phi) is 2.39. The third kappa shape index (κ3) is 1.36. The molecule has 0 aromatic carbocycles. The number of nitrogens with zero attached hydrogens (tertiary/aromatic N) is 1. The van der Waals surface area contributed by atoms with E-state index in [4.69, 9.17) is 4.74 Å². The maximum absolute atomic E-state index is 5.82. The van der Waals surface area contributed by atoms with E-state index < -0.39 is 0 Å². The average molecular weight is 221 g/mol. The largest absolute Gasteiger partial charge is 0.379 e. The zero-order valence-corrected chi connectivity index (χ0v) is 9.70. The van der Waals surface area contributed by atoms with E-state index >= 15 is 0 Å². The fraction of sp³-hybridized carbons (Fsp3) is 0.750. The Morgan fingerprint density at radius 1 is 1.62 bits per heavy atom. The molecule has 2 N–H and O–H groups in total. The number of hydrogen-bond acceptors (Lipinski definition) is 3. The number of H-pyrrole nitrogens is 1. The fourth-order valence-corrected chi connectivity index (χ4v) is 3.17. The van der Waals surface area contributed by atoms with Gasteiger partial charge in [0, 0.05) is 24.3 Å². The van der Waals surface area contributed by atoms with E-state index in [-0.39, 0.29) is 0 Å². The first-order valence-corrected chi connectivity index (χ1v) is 6.22. The van der Waals surface area contributed by atoms with Crippen molar-refractivity contribution >= 4 is 5.69 Å². The van der Waals surface area contributed by atoms with E-state index in [1.807, 2.05) is 12.4 Å². The molecule has 1 heterocycles. The van der Waals surface area contributed by atoms with Crippen molar-refractivity contribution in [2.45, 2.75) is 44.8 Å². The number of rotatable bonds is 4. The molecule has 1 aromatic rings. The lowest BCUT2D eigenvalue weighted by molar-refractivity contribution is -0.157.